The number of methoxy groups -OCH3 is 1. The fourth-order valence-corrected chi connectivity index (χ4v) is 3.16. The minimum atomic E-state index is -0.682. The predicted molar refractivity (Wildman–Crippen MR) is 127 cm³/mol. The zero-order valence-electron chi connectivity index (χ0n) is 19.5. The summed E-state index contributed by atoms with van der Waals surface area (Å²) in [5.41, 5.74) is 2.02. The van der Waals surface area contributed by atoms with E-state index in [2.05, 4.69) is 5.32 Å². The van der Waals surface area contributed by atoms with Crippen molar-refractivity contribution in [2.24, 2.45) is 0 Å². The molecule has 2 aromatic carbocycles. The third kappa shape index (κ3) is 9.07. The second-order valence-corrected chi connectivity index (χ2v) is 8.44. The predicted octanol–water partition coefficient (Wildman–Crippen LogP) is 4.80. The Morgan fingerprint density at radius 2 is 1.66 bits per heavy atom. The van der Waals surface area contributed by atoms with E-state index >= 15 is 0 Å². The molecule has 1 amide bonds. The molecule has 176 valence electrons. The lowest BCUT2D eigenvalue weighted by Gasteiger charge is -2.20. The number of halogens is 1. The number of carbonyl (C=O) groups is 1. The Balaban J connectivity index is 1.86. The number of amides is 1. The molecule has 0 aliphatic heterocycles. The monoisotopic (exact) mass is 463 g/mol. The molecular weight excluding hydrogens is 430 g/mol. The lowest BCUT2D eigenvalue weighted by Crippen LogP contribution is -2.41. The minimum absolute atomic E-state index is 0.0637. The van der Waals surface area contributed by atoms with Crippen molar-refractivity contribution in [3.05, 3.63) is 58.6 Å². The summed E-state index contributed by atoms with van der Waals surface area (Å²) in [5, 5.41) is 3.62. The molecule has 0 bridgehead atoms. The van der Waals surface area contributed by atoms with Crippen LogP contribution in [0.2, 0.25) is 5.02 Å². The summed E-state index contributed by atoms with van der Waals surface area (Å²) in [4.78, 5) is 12.7. The highest BCUT2D eigenvalue weighted by atomic mass is 35.5. The fraction of sp³-hybridized carbons (Fsp3) is 0.480. The maximum absolute atomic E-state index is 12.7. The molecule has 7 heteroatoms. The minimum Gasteiger partial charge on any atom is -0.493 e. The van der Waals surface area contributed by atoms with Crippen LogP contribution < -0.4 is 14.8 Å². The van der Waals surface area contributed by atoms with E-state index in [9.17, 15) is 4.79 Å². The van der Waals surface area contributed by atoms with Crippen LogP contribution in [0.25, 0.3) is 0 Å². The van der Waals surface area contributed by atoms with E-state index < -0.39 is 6.10 Å². The number of rotatable bonds is 13. The highest BCUT2D eigenvalue weighted by Crippen LogP contribution is 2.29. The molecular formula is C25H34ClNO5. The fourth-order valence-electron chi connectivity index (χ4n) is 3.03. The zero-order chi connectivity index (χ0) is 23.5. The van der Waals surface area contributed by atoms with Gasteiger partial charge in [0.25, 0.3) is 5.91 Å². The van der Waals surface area contributed by atoms with Gasteiger partial charge in [-0.25, -0.2) is 0 Å². The van der Waals surface area contributed by atoms with Crippen LogP contribution in [-0.2, 0) is 27.3 Å². The summed E-state index contributed by atoms with van der Waals surface area (Å²) in [5.74, 6) is 1.19. The molecule has 0 saturated carbocycles. The Bertz CT molecular complexity index is 839. The van der Waals surface area contributed by atoms with Crippen LogP contribution in [-0.4, -0.2) is 44.5 Å². The summed E-state index contributed by atoms with van der Waals surface area (Å²) >= 11 is 5.91. The van der Waals surface area contributed by atoms with Crippen LogP contribution in [0.1, 0.15) is 38.8 Å². The van der Waals surface area contributed by atoms with Gasteiger partial charge in [0.2, 0.25) is 0 Å². The summed E-state index contributed by atoms with van der Waals surface area (Å²) in [6.45, 7) is 8.75. The van der Waals surface area contributed by atoms with Crippen molar-refractivity contribution in [2.75, 3.05) is 20.3 Å². The van der Waals surface area contributed by atoms with Crippen LogP contribution in [0.3, 0.4) is 0 Å². The van der Waals surface area contributed by atoms with Gasteiger partial charge >= 0.3 is 0 Å². The van der Waals surface area contributed by atoms with Crippen LogP contribution in [0.15, 0.2) is 42.5 Å². The van der Waals surface area contributed by atoms with Gasteiger partial charge < -0.3 is 24.3 Å². The first kappa shape index (κ1) is 26.0. The van der Waals surface area contributed by atoms with Gasteiger partial charge in [-0.15, -0.1) is 0 Å². The Morgan fingerprint density at radius 1 is 0.969 bits per heavy atom. The van der Waals surface area contributed by atoms with Crippen molar-refractivity contribution in [3.8, 4) is 11.5 Å². The van der Waals surface area contributed by atoms with Crippen LogP contribution in [0.4, 0.5) is 0 Å². The normalized spacial score (nSPS) is 12.1. The molecule has 32 heavy (non-hydrogen) atoms. The van der Waals surface area contributed by atoms with E-state index in [4.69, 9.17) is 30.5 Å². The maximum Gasteiger partial charge on any atom is 0.251 e. The first-order chi connectivity index (χ1) is 15.3. The lowest BCUT2D eigenvalue weighted by atomic mass is 10.1. The highest BCUT2D eigenvalue weighted by Gasteiger charge is 2.20. The SMILES string of the molecule is COc1cc(CCNC(=O)[C@@H](COCc2ccc(Cl)cc2)OC(C)C)ccc1OC(C)C. The van der Waals surface area contributed by atoms with E-state index in [-0.39, 0.29) is 24.7 Å². The van der Waals surface area contributed by atoms with Gasteiger partial charge in [0.05, 0.1) is 32.5 Å². The number of nitrogens with one attached hydrogen (secondary N) is 1. The Labute approximate surface area is 196 Å². The van der Waals surface area contributed by atoms with Gasteiger partial charge in [-0.2, -0.15) is 0 Å². The second-order valence-electron chi connectivity index (χ2n) is 8.01. The maximum atomic E-state index is 12.7. The number of benzene rings is 2. The van der Waals surface area contributed by atoms with Crippen molar-refractivity contribution in [1.29, 1.82) is 0 Å². The van der Waals surface area contributed by atoms with E-state index in [1.807, 2.05) is 70.2 Å². The molecule has 1 atom stereocenters. The van der Waals surface area contributed by atoms with Gasteiger partial charge in [0.1, 0.15) is 0 Å². The lowest BCUT2D eigenvalue weighted by molar-refractivity contribution is -0.141. The molecule has 2 aromatic rings. The Hall–Kier alpha value is -2.28. The van der Waals surface area contributed by atoms with E-state index in [0.29, 0.717) is 36.1 Å². The molecule has 0 fully saturated rings. The third-order valence-electron chi connectivity index (χ3n) is 4.48. The largest absolute Gasteiger partial charge is 0.493 e. The molecule has 0 aliphatic carbocycles. The van der Waals surface area contributed by atoms with E-state index in [0.717, 1.165) is 11.1 Å². The summed E-state index contributed by atoms with van der Waals surface area (Å²) in [6.07, 6.45) is -0.0560. The average Bonchev–Trinajstić information content (AvgIpc) is 2.74. The summed E-state index contributed by atoms with van der Waals surface area (Å²) in [6, 6.07) is 13.2. The molecule has 6 nitrogen and oxygen atoms in total. The zero-order valence-corrected chi connectivity index (χ0v) is 20.3. The average molecular weight is 464 g/mol. The molecule has 0 radical (unpaired) electrons. The first-order valence-electron chi connectivity index (χ1n) is 10.9. The van der Waals surface area contributed by atoms with Gasteiger partial charge in [0, 0.05) is 11.6 Å². The van der Waals surface area contributed by atoms with E-state index in [1.54, 1.807) is 7.11 Å². The molecule has 0 spiro atoms. The van der Waals surface area contributed by atoms with Crippen LogP contribution in [0.5, 0.6) is 11.5 Å². The van der Waals surface area contributed by atoms with Crippen LogP contribution in [0, 0.1) is 0 Å². The number of hydrogen-bond donors (Lipinski definition) is 1. The molecule has 1 N–H and O–H groups in total. The highest BCUT2D eigenvalue weighted by molar-refractivity contribution is 6.30. The van der Waals surface area contributed by atoms with Gasteiger partial charge in [-0.3, -0.25) is 4.79 Å². The molecule has 0 unspecified atom stereocenters. The molecule has 0 saturated heterocycles. The summed E-state index contributed by atoms with van der Waals surface area (Å²) < 4.78 is 22.7. The van der Waals surface area contributed by atoms with Gasteiger partial charge in [0.15, 0.2) is 17.6 Å². The number of ether oxygens (including phenoxy) is 4. The smallest absolute Gasteiger partial charge is 0.251 e. The van der Waals surface area contributed by atoms with E-state index in [1.165, 1.54) is 0 Å². The summed E-state index contributed by atoms with van der Waals surface area (Å²) in [7, 11) is 1.62. The van der Waals surface area contributed by atoms with Gasteiger partial charge in [-0.05, 0) is 69.5 Å². The number of hydrogen-bond acceptors (Lipinski definition) is 5. The van der Waals surface area contributed by atoms with Crippen LogP contribution >= 0.6 is 11.6 Å². The molecule has 0 heterocycles. The second kappa shape index (κ2) is 13.3. The van der Waals surface area contributed by atoms with Crippen molar-refractivity contribution in [1.82, 2.24) is 5.32 Å². The molecule has 2 rings (SSSR count). The van der Waals surface area contributed by atoms with Crippen molar-refractivity contribution in [2.45, 2.75) is 59.0 Å². The standard InChI is InChI=1S/C25H34ClNO5/c1-17(2)31-22-11-8-19(14-23(22)29-5)12-13-27-25(28)24(32-18(3)4)16-30-15-20-6-9-21(26)10-7-20/h6-11,14,17-18,24H,12-13,15-16H2,1-5H3,(H,27,28)/t24-/m1/s1. The third-order valence-corrected chi connectivity index (χ3v) is 4.74. The van der Waals surface area contributed by atoms with Crippen molar-refractivity contribution < 1.29 is 23.7 Å². The van der Waals surface area contributed by atoms with Crippen molar-refractivity contribution in [3.63, 3.8) is 0 Å². The Kier molecular flexibility index (Phi) is 10.8. The first-order valence-corrected chi connectivity index (χ1v) is 11.2. The number of carbonyl (C=O) groups excluding carboxylic acids is 1. The van der Waals surface area contributed by atoms with Crippen molar-refractivity contribution >= 4 is 17.5 Å². The topological polar surface area (TPSA) is 66.0 Å². The molecule has 0 aromatic heterocycles. The Morgan fingerprint density at radius 3 is 2.28 bits per heavy atom. The molecule has 0 aliphatic rings. The van der Waals surface area contributed by atoms with Gasteiger partial charge in [-0.1, -0.05) is 29.8 Å². The quantitative estimate of drug-likeness (QED) is 0.462.